The van der Waals surface area contributed by atoms with Crippen LogP contribution in [0.2, 0.25) is 0 Å². The molecule has 0 spiro atoms. The van der Waals surface area contributed by atoms with Gasteiger partial charge in [-0.25, -0.2) is 0 Å². The van der Waals surface area contributed by atoms with Crippen LogP contribution in [0.15, 0.2) is 30.5 Å². The number of amides is 1. The lowest BCUT2D eigenvalue weighted by atomic mass is 9.94. The van der Waals surface area contributed by atoms with Gasteiger partial charge in [0.2, 0.25) is 5.91 Å². The Morgan fingerprint density at radius 3 is 3.05 bits per heavy atom. The van der Waals surface area contributed by atoms with E-state index in [0.717, 1.165) is 24.9 Å². The number of likely N-dealkylation sites (tertiary alicyclic amines) is 1. The van der Waals surface area contributed by atoms with Gasteiger partial charge in [0.25, 0.3) is 0 Å². The number of piperidine rings is 1. The average molecular weight is 256 g/mol. The van der Waals surface area contributed by atoms with Gasteiger partial charge in [0, 0.05) is 30.1 Å². The molecule has 0 saturated carbocycles. The molecule has 1 N–H and O–H groups in total. The standard InChI is InChI=1S/C16H20N2O/c1-2-16(19)18-10-6-5-9-15(18)13-11-17-14-8-4-3-7-12(13)14/h3-4,7-8,11,15,17H,2,5-6,9-10H2,1H3. The number of carbonyl (C=O) groups is 1. The first-order valence-electron chi connectivity index (χ1n) is 7.16. The van der Waals surface area contributed by atoms with Gasteiger partial charge in [0.1, 0.15) is 0 Å². The summed E-state index contributed by atoms with van der Waals surface area (Å²) in [5.74, 6) is 0.273. The SMILES string of the molecule is CCC(=O)N1CCCCC1c1c[nH]c2ccccc12. The Hall–Kier alpha value is -1.77. The topological polar surface area (TPSA) is 36.1 Å². The van der Waals surface area contributed by atoms with E-state index in [1.807, 2.05) is 13.0 Å². The van der Waals surface area contributed by atoms with Gasteiger partial charge < -0.3 is 9.88 Å². The predicted molar refractivity (Wildman–Crippen MR) is 76.9 cm³/mol. The number of benzene rings is 1. The van der Waals surface area contributed by atoms with Crippen LogP contribution >= 0.6 is 0 Å². The van der Waals surface area contributed by atoms with E-state index in [9.17, 15) is 4.79 Å². The molecule has 2 aromatic rings. The molecular formula is C16H20N2O. The minimum atomic E-state index is 0.248. The molecule has 19 heavy (non-hydrogen) atoms. The summed E-state index contributed by atoms with van der Waals surface area (Å²) in [4.78, 5) is 17.5. The predicted octanol–water partition coefficient (Wildman–Crippen LogP) is 3.63. The van der Waals surface area contributed by atoms with Gasteiger partial charge in [-0.2, -0.15) is 0 Å². The smallest absolute Gasteiger partial charge is 0.222 e. The maximum atomic E-state index is 12.1. The van der Waals surface area contributed by atoms with E-state index in [-0.39, 0.29) is 11.9 Å². The van der Waals surface area contributed by atoms with Gasteiger partial charge in [-0.1, -0.05) is 25.1 Å². The van der Waals surface area contributed by atoms with Crippen molar-refractivity contribution in [1.29, 1.82) is 0 Å². The first kappa shape index (κ1) is 12.3. The van der Waals surface area contributed by atoms with Crippen LogP contribution < -0.4 is 0 Å². The maximum absolute atomic E-state index is 12.1. The lowest BCUT2D eigenvalue weighted by molar-refractivity contribution is -0.134. The number of carbonyl (C=O) groups excluding carboxylic acids is 1. The van der Waals surface area contributed by atoms with Crippen LogP contribution in [0.25, 0.3) is 10.9 Å². The fourth-order valence-corrected chi connectivity index (χ4v) is 3.13. The molecule has 3 nitrogen and oxygen atoms in total. The molecule has 1 aliphatic rings. The summed E-state index contributed by atoms with van der Waals surface area (Å²) in [6, 6.07) is 8.59. The van der Waals surface area contributed by atoms with Crippen molar-refractivity contribution < 1.29 is 4.79 Å². The molecule has 100 valence electrons. The van der Waals surface area contributed by atoms with E-state index >= 15 is 0 Å². The molecule has 0 aliphatic carbocycles. The minimum absolute atomic E-state index is 0.248. The van der Waals surface area contributed by atoms with E-state index in [1.54, 1.807) is 0 Å². The fourth-order valence-electron chi connectivity index (χ4n) is 3.13. The minimum Gasteiger partial charge on any atom is -0.361 e. The van der Waals surface area contributed by atoms with Crippen molar-refractivity contribution >= 4 is 16.8 Å². The lowest BCUT2D eigenvalue weighted by Crippen LogP contribution is -2.37. The second-order valence-electron chi connectivity index (χ2n) is 5.24. The number of H-pyrrole nitrogens is 1. The van der Waals surface area contributed by atoms with Crippen molar-refractivity contribution in [1.82, 2.24) is 9.88 Å². The molecule has 3 heteroatoms. The van der Waals surface area contributed by atoms with Gasteiger partial charge in [0.05, 0.1) is 6.04 Å². The molecule has 1 amide bonds. The van der Waals surface area contributed by atoms with Crippen LogP contribution in [0, 0.1) is 0 Å². The monoisotopic (exact) mass is 256 g/mol. The van der Waals surface area contributed by atoms with Crippen LogP contribution in [0.4, 0.5) is 0 Å². The molecule has 1 aromatic heterocycles. The number of nitrogens with one attached hydrogen (secondary N) is 1. The third-order valence-corrected chi connectivity index (χ3v) is 4.11. The lowest BCUT2D eigenvalue weighted by Gasteiger charge is -2.35. The quantitative estimate of drug-likeness (QED) is 0.875. The van der Waals surface area contributed by atoms with Crippen molar-refractivity contribution in [2.45, 2.75) is 38.6 Å². The number of hydrogen-bond acceptors (Lipinski definition) is 1. The first-order chi connectivity index (χ1) is 9.31. The van der Waals surface area contributed by atoms with Gasteiger partial charge in [-0.05, 0) is 30.9 Å². The van der Waals surface area contributed by atoms with Gasteiger partial charge >= 0.3 is 0 Å². The summed E-state index contributed by atoms with van der Waals surface area (Å²) in [5.41, 5.74) is 2.43. The molecule has 1 fully saturated rings. The van der Waals surface area contributed by atoms with Crippen molar-refractivity contribution in [3.05, 3.63) is 36.0 Å². The van der Waals surface area contributed by atoms with E-state index in [0.29, 0.717) is 6.42 Å². The van der Waals surface area contributed by atoms with Crippen LogP contribution in [-0.4, -0.2) is 22.3 Å². The van der Waals surface area contributed by atoms with Crippen molar-refractivity contribution in [3.8, 4) is 0 Å². The Bertz CT molecular complexity index is 587. The zero-order valence-corrected chi connectivity index (χ0v) is 11.4. The number of aromatic nitrogens is 1. The van der Waals surface area contributed by atoms with Crippen molar-refractivity contribution in [3.63, 3.8) is 0 Å². The van der Waals surface area contributed by atoms with E-state index < -0.39 is 0 Å². The van der Waals surface area contributed by atoms with Crippen molar-refractivity contribution in [2.75, 3.05) is 6.54 Å². The second-order valence-corrected chi connectivity index (χ2v) is 5.24. The summed E-state index contributed by atoms with van der Waals surface area (Å²) >= 11 is 0. The number of rotatable bonds is 2. The van der Waals surface area contributed by atoms with Crippen molar-refractivity contribution in [2.24, 2.45) is 0 Å². The van der Waals surface area contributed by atoms with Crippen LogP contribution in [0.5, 0.6) is 0 Å². The van der Waals surface area contributed by atoms with Gasteiger partial charge in [-0.15, -0.1) is 0 Å². The number of fused-ring (bicyclic) bond motifs is 1. The molecule has 1 aliphatic heterocycles. The van der Waals surface area contributed by atoms with E-state index in [1.165, 1.54) is 17.4 Å². The summed E-state index contributed by atoms with van der Waals surface area (Å²) in [6.45, 7) is 2.85. The third kappa shape index (κ3) is 2.14. The summed E-state index contributed by atoms with van der Waals surface area (Å²) in [6.07, 6.45) is 6.09. The third-order valence-electron chi connectivity index (χ3n) is 4.11. The molecule has 0 bridgehead atoms. The molecule has 1 saturated heterocycles. The zero-order chi connectivity index (χ0) is 13.2. The number of para-hydroxylation sites is 1. The Morgan fingerprint density at radius 1 is 1.37 bits per heavy atom. The molecule has 2 heterocycles. The maximum Gasteiger partial charge on any atom is 0.222 e. The summed E-state index contributed by atoms with van der Waals surface area (Å²) < 4.78 is 0. The molecular weight excluding hydrogens is 236 g/mol. The first-order valence-corrected chi connectivity index (χ1v) is 7.16. The molecule has 1 unspecified atom stereocenters. The second kappa shape index (κ2) is 5.08. The summed E-state index contributed by atoms with van der Waals surface area (Å²) in [7, 11) is 0. The van der Waals surface area contributed by atoms with Crippen LogP contribution in [0.3, 0.4) is 0 Å². The number of nitrogens with zero attached hydrogens (tertiary/aromatic N) is 1. The Labute approximate surface area is 113 Å². The van der Waals surface area contributed by atoms with Crippen LogP contribution in [-0.2, 0) is 4.79 Å². The largest absolute Gasteiger partial charge is 0.361 e. The van der Waals surface area contributed by atoms with E-state index in [2.05, 4.69) is 34.3 Å². The number of aromatic amines is 1. The molecule has 3 rings (SSSR count). The molecule has 1 aromatic carbocycles. The highest BCUT2D eigenvalue weighted by molar-refractivity contribution is 5.84. The van der Waals surface area contributed by atoms with Gasteiger partial charge in [0.15, 0.2) is 0 Å². The fraction of sp³-hybridized carbons (Fsp3) is 0.438. The van der Waals surface area contributed by atoms with E-state index in [4.69, 9.17) is 0 Å². The highest BCUT2D eigenvalue weighted by Gasteiger charge is 2.28. The van der Waals surface area contributed by atoms with Crippen LogP contribution in [0.1, 0.15) is 44.2 Å². The Kier molecular flexibility index (Phi) is 3.28. The highest BCUT2D eigenvalue weighted by atomic mass is 16.2. The molecule has 0 radical (unpaired) electrons. The normalized spacial score (nSPS) is 19.8. The Morgan fingerprint density at radius 2 is 2.21 bits per heavy atom. The number of hydrogen-bond donors (Lipinski definition) is 1. The highest BCUT2D eigenvalue weighted by Crippen LogP contribution is 2.35. The zero-order valence-electron chi connectivity index (χ0n) is 11.4. The summed E-state index contributed by atoms with van der Waals surface area (Å²) in [5, 5.41) is 1.25. The van der Waals surface area contributed by atoms with Gasteiger partial charge in [-0.3, -0.25) is 4.79 Å². The molecule has 1 atom stereocenters. The average Bonchev–Trinajstić information content (AvgIpc) is 2.90. The Balaban J connectivity index is 2.00.